The number of aryl methyl sites for hydroxylation is 1. The molecule has 1 rings (SSSR count). The largest absolute Gasteiger partial charge is 0.480 e. The normalized spacial score (nSPS) is 9.94. The van der Waals surface area contributed by atoms with Crippen LogP contribution in [0.25, 0.3) is 0 Å². The van der Waals surface area contributed by atoms with Gasteiger partial charge in [0.1, 0.15) is 6.54 Å². The van der Waals surface area contributed by atoms with Crippen LogP contribution in [0.15, 0.2) is 24.3 Å². The first kappa shape index (κ1) is 14.0. The van der Waals surface area contributed by atoms with Gasteiger partial charge in [0.25, 0.3) is 0 Å². The molecule has 1 N–H and O–H groups in total. The van der Waals surface area contributed by atoms with E-state index in [1.54, 1.807) is 7.05 Å². The molecule has 5 heteroatoms. The molecule has 98 valence electrons. The number of carboxylic acid groups (broad SMARTS) is 1. The highest BCUT2D eigenvalue weighted by molar-refractivity contribution is 5.79. The van der Waals surface area contributed by atoms with Gasteiger partial charge in [-0.3, -0.25) is 4.79 Å². The van der Waals surface area contributed by atoms with E-state index >= 15 is 0 Å². The van der Waals surface area contributed by atoms with Crippen molar-refractivity contribution in [2.45, 2.75) is 13.5 Å². The van der Waals surface area contributed by atoms with Crippen LogP contribution >= 0.6 is 0 Å². The van der Waals surface area contributed by atoms with Crippen molar-refractivity contribution in [3.8, 4) is 0 Å². The van der Waals surface area contributed by atoms with Gasteiger partial charge < -0.3 is 14.9 Å². The van der Waals surface area contributed by atoms with Gasteiger partial charge in [-0.15, -0.1) is 0 Å². The van der Waals surface area contributed by atoms with Crippen molar-refractivity contribution in [3.05, 3.63) is 35.4 Å². The lowest BCUT2D eigenvalue weighted by Crippen LogP contribution is -2.40. The number of urea groups is 1. The summed E-state index contributed by atoms with van der Waals surface area (Å²) in [7, 11) is 3.14. The molecule has 0 fully saturated rings. The molecule has 0 atom stereocenters. The van der Waals surface area contributed by atoms with Crippen molar-refractivity contribution in [3.63, 3.8) is 0 Å². The molecule has 5 nitrogen and oxygen atoms in total. The van der Waals surface area contributed by atoms with Crippen molar-refractivity contribution in [2.24, 2.45) is 0 Å². The summed E-state index contributed by atoms with van der Waals surface area (Å²) in [6.45, 7) is 2.15. The van der Waals surface area contributed by atoms with Gasteiger partial charge in [0.15, 0.2) is 0 Å². The Morgan fingerprint density at radius 2 is 1.78 bits per heavy atom. The van der Waals surface area contributed by atoms with Crippen molar-refractivity contribution >= 4 is 12.0 Å². The van der Waals surface area contributed by atoms with E-state index in [9.17, 15) is 9.59 Å². The molecule has 0 spiro atoms. The molecule has 18 heavy (non-hydrogen) atoms. The van der Waals surface area contributed by atoms with Gasteiger partial charge in [0.2, 0.25) is 0 Å². The van der Waals surface area contributed by atoms with Gasteiger partial charge in [0.05, 0.1) is 0 Å². The fourth-order valence-electron chi connectivity index (χ4n) is 1.67. The minimum absolute atomic E-state index is 0.295. The molecular formula is C13H18N2O3. The molecule has 0 aliphatic rings. The minimum Gasteiger partial charge on any atom is -0.480 e. The number of aliphatic carboxylic acids is 1. The van der Waals surface area contributed by atoms with E-state index in [0.29, 0.717) is 6.54 Å². The summed E-state index contributed by atoms with van der Waals surface area (Å²) in [5.74, 6) is -1.02. The Hall–Kier alpha value is -2.04. The lowest BCUT2D eigenvalue weighted by molar-refractivity contribution is -0.137. The monoisotopic (exact) mass is 250 g/mol. The maximum Gasteiger partial charge on any atom is 0.323 e. The topological polar surface area (TPSA) is 60.9 Å². The zero-order valence-corrected chi connectivity index (χ0v) is 10.9. The molecular weight excluding hydrogens is 232 g/mol. The van der Waals surface area contributed by atoms with Crippen LogP contribution in [0.1, 0.15) is 11.1 Å². The van der Waals surface area contributed by atoms with Gasteiger partial charge in [-0.25, -0.2) is 4.79 Å². The maximum atomic E-state index is 11.9. The summed E-state index contributed by atoms with van der Waals surface area (Å²) in [6.07, 6.45) is 0. The first-order chi connectivity index (χ1) is 8.41. The second kappa shape index (κ2) is 6.05. The van der Waals surface area contributed by atoms with E-state index < -0.39 is 5.97 Å². The SMILES string of the molecule is Cc1ccccc1CN(C)C(=O)N(C)CC(=O)O. The highest BCUT2D eigenvalue weighted by atomic mass is 16.4. The van der Waals surface area contributed by atoms with Gasteiger partial charge in [0, 0.05) is 20.6 Å². The van der Waals surface area contributed by atoms with Crippen LogP contribution in [-0.4, -0.2) is 47.5 Å². The van der Waals surface area contributed by atoms with Crippen LogP contribution in [0.3, 0.4) is 0 Å². The molecule has 0 heterocycles. The maximum absolute atomic E-state index is 11.9. The molecule has 0 aromatic heterocycles. The van der Waals surface area contributed by atoms with Gasteiger partial charge in [-0.2, -0.15) is 0 Å². The zero-order chi connectivity index (χ0) is 13.7. The number of rotatable bonds is 4. The van der Waals surface area contributed by atoms with Crippen molar-refractivity contribution in [1.82, 2.24) is 9.80 Å². The molecule has 2 amide bonds. The average molecular weight is 250 g/mol. The first-order valence-electron chi connectivity index (χ1n) is 5.64. The second-order valence-electron chi connectivity index (χ2n) is 4.31. The third-order valence-electron chi connectivity index (χ3n) is 2.69. The lowest BCUT2D eigenvalue weighted by Gasteiger charge is -2.24. The zero-order valence-electron chi connectivity index (χ0n) is 10.9. The van der Waals surface area contributed by atoms with E-state index in [1.165, 1.54) is 16.8 Å². The van der Waals surface area contributed by atoms with Crippen LogP contribution in [0, 0.1) is 6.92 Å². The van der Waals surface area contributed by atoms with E-state index in [4.69, 9.17) is 5.11 Å². The smallest absolute Gasteiger partial charge is 0.323 e. The van der Waals surface area contributed by atoms with Crippen molar-refractivity contribution < 1.29 is 14.7 Å². The van der Waals surface area contributed by atoms with Crippen molar-refractivity contribution in [1.29, 1.82) is 0 Å². The summed E-state index contributed by atoms with van der Waals surface area (Å²) in [5.41, 5.74) is 2.16. The average Bonchev–Trinajstić information content (AvgIpc) is 2.30. The number of carbonyl (C=O) groups excluding carboxylic acids is 1. The van der Waals surface area contributed by atoms with Gasteiger partial charge >= 0.3 is 12.0 Å². The van der Waals surface area contributed by atoms with E-state index in [1.807, 2.05) is 31.2 Å². The van der Waals surface area contributed by atoms with E-state index in [-0.39, 0.29) is 12.6 Å². The molecule has 0 saturated heterocycles. The molecule has 1 aromatic rings. The predicted octanol–water partition coefficient (Wildman–Crippen LogP) is 1.56. The lowest BCUT2D eigenvalue weighted by atomic mass is 10.1. The number of benzene rings is 1. The summed E-state index contributed by atoms with van der Waals surface area (Å²) in [6, 6.07) is 7.49. The number of carbonyl (C=O) groups is 2. The third-order valence-corrected chi connectivity index (χ3v) is 2.69. The molecule has 0 radical (unpaired) electrons. The molecule has 0 bridgehead atoms. The summed E-state index contributed by atoms with van der Waals surface area (Å²) in [5, 5.41) is 8.64. The standard InChI is InChI=1S/C13H18N2O3/c1-10-6-4-5-7-11(10)8-14(2)13(18)15(3)9-12(16)17/h4-7H,8-9H2,1-3H3,(H,16,17). The fraction of sp³-hybridized carbons (Fsp3) is 0.385. The van der Waals surface area contributed by atoms with Crippen molar-refractivity contribution in [2.75, 3.05) is 20.6 Å². The Morgan fingerprint density at radius 1 is 1.17 bits per heavy atom. The summed E-state index contributed by atoms with van der Waals surface area (Å²) < 4.78 is 0. The molecule has 1 aromatic carbocycles. The molecule has 0 saturated carbocycles. The summed E-state index contributed by atoms with van der Waals surface area (Å²) >= 11 is 0. The quantitative estimate of drug-likeness (QED) is 0.882. The Kier molecular flexibility index (Phi) is 4.71. The highest BCUT2D eigenvalue weighted by Gasteiger charge is 2.16. The minimum atomic E-state index is -1.02. The Bertz CT molecular complexity index is 446. The molecule has 0 unspecified atom stereocenters. The number of amides is 2. The van der Waals surface area contributed by atoms with E-state index in [0.717, 1.165) is 11.1 Å². The number of hydrogen-bond donors (Lipinski definition) is 1. The van der Waals surface area contributed by atoms with Crippen LogP contribution < -0.4 is 0 Å². The van der Waals surface area contributed by atoms with E-state index in [2.05, 4.69) is 0 Å². The third kappa shape index (κ3) is 3.76. The predicted molar refractivity (Wildman–Crippen MR) is 68.3 cm³/mol. The van der Waals surface area contributed by atoms with Crippen LogP contribution in [0.4, 0.5) is 4.79 Å². The second-order valence-corrected chi connectivity index (χ2v) is 4.31. The number of nitrogens with zero attached hydrogens (tertiary/aromatic N) is 2. The fourth-order valence-corrected chi connectivity index (χ4v) is 1.67. The Morgan fingerprint density at radius 3 is 2.33 bits per heavy atom. The Balaban J connectivity index is 2.65. The Labute approximate surface area is 107 Å². The molecule has 0 aliphatic heterocycles. The molecule has 0 aliphatic carbocycles. The number of likely N-dealkylation sites (N-methyl/N-ethyl adjacent to an activating group) is 1. The van der Waals surface area contributed by atoms with Gasteiger partial charge in [-0.05, 0) is 18.1 Å². The highest BCUT2D eigenvalue weighted by Crippen LogP contribution is 2.10. The van der Waals surface area contributed by atoms with Crippen LogP contribution in [0.2, 0.25) is 0 Å². The number of carboxylic acids is 1. The van der Waals surface area contributed by atoms with Crippen LogP contribution in [-0.2, 0) is 11.3 Å². The van der Waals surface area contributed by atoms with Crippen LogP contribution in [0.5, 0.6) is 0 Å². The first-order valence-corrected chi connectivity index (χ1v) is 5.64. The number of hydrogen-bond acceptors (Lipinski definition) is 2. The summed E-state index contributed by atoms with van der Waals surface area (Å²) in [4.78, 5) is 25.1. The van der Waals surface area contributed by atoms with Gasteiger partial charge in [-0.1, -0.05) is 24.3 Å².